The molecule has 4 rings (SSSR count). The fraction of sp³-hybridized carbons (Fsp3) is 0.292. The van der Waals surface area contributed by atoms with Crippen LogP contribution in [0.3, 0.4) is 0 Å². The number of thioether (sulfide) groups is 1. The molecule has 0 saturated carbocycles. The number of carbonyl (C=O) groups is 1. The number of nitrogens with zero attached hydrogens (tertiary/aromatic N) is 2. The summed E-state index contributed by atoms with van der Waals surface area (Å²) in [6, 6.07) is 15.1. The van der Waals surface area contributed by atoms with Crippen molar-refractivity contribution in [2.24, 2.45) is 5.92 Å². The number of furan rings is 1. The number of para-hydroxylation sites is 1. The Balaban J connectivity index is 1.64. The number of hydrogen-bond acceptors (Lipinski definition) is 5. The summed E-state index contributed by atoms with van der Waals surface area (Å²) in [5.74, 6) is 0.445. The van der Waals surface area contributed by atoms with Gasteiger partial charge < -0.3 is 9.73 Å². The average molecular weight is 436 g/mol. The summed E-state index contributed by atoms with van der Waals surface area (Å²) in [4.78, 5) is 30.5. The second-order valence-corrected chi connectivity index (χ2v) is 8.96. The molecule has 0 saturated heterocycles. The molecule has 2 aromatic carbocycles. The smallest absolute Gasteiger partial charge is 0.297 e. The average Bonchev–Trinajstić information content (AvgIpc) is 3.12. The van der Waals surface area contributed by atoms with Gasteiger partial charge >= 0.3 is 0 Å². The second-order valence-electron chi connectivity index (χ2n) is 8.01. The van der Waals surface area contributed by atoms with Gasteiger partial charge in [0.15, 0.2) is 5.16 Å². The van der Waals surface area contributed by atoms with E-state index in [-0.39, 0.29) is 22.8 Å². The summed E-state index contributed by atoms with van der Waals surface area (Å²) in [5.41, 5.74) is 3.12. The van der Waals surface area contributed by atoms with E-state index < -0.39 is 0 Å². The lowest BCUT2D eigenvalue weighted by atomic mass is 10.1. The van der Waals surface area contributed by atoms with E-state index in [1.54, 1.807) is 4.57 Å². The van der Waals surface area contributed by atoms with Crippen LogP contribution in [0.15, 0.2) is 62.9 Å². The molecule has 7 heteroatoms. The van der Waals surface area contributed by atoms with E-state index in [2.05, 4.69) is 19.2 Å². The van der Waals surface area contributed by atoms with Crippen LogP contribution in [0.5, 0.6) is 0 Å². The number of hydrogen-bond donors (Lipinski definition) is 1. The van der Waals surface area contributed by atoms with Crippen molar-refractivity contribution in [2.75, 3.05) is 11.1 Å². The van der Waals surface area contributed by atoms with Crippen molar-refractivity contribution in [1.29, 1.82) is 0 Å². The number of carbonyl (C=O) groups excluding carboxylic acids is 1. The van der Waals surface area contributed by atoms with Crippen LogP contribution >= 0.6 is 11.8 Å². The highest BCUT2D eigenvalue weighted by Crippen LogP contribution is 2.27. The Morgan fingerprint density at radius 2 is 1.90 bits per heavy atom. The van der Waals surface area contributed by atoms with E-state index >= 15 is 0 Å². The third-order valence-electron chi connectivity index (χ3n) is 5.04. The number of aryl methyl sites for hydroxylation is 1. The van der Waals surface area contributed by atoms with Crippen molar-refractivity contribution < 1.29 is 9.21 Å². The molecular formula is C24H25N3O3S. The van der Waals surface area contributed by atoms with Gasteiger partial charge in [-0.1, -0.05) is 55.4 Å². The highest BCUT2D eigenvalue weighted by Gasteiger charge is 2.18. The molecule has 1 N–H and O–H groups in total. The van der Waals surface area contributed by atoms with Crippen molar-refractivity contribution in [3.8, 4) is 0 Å². The predicted octanol–water partition coefficient (Wildman–Crippen LogP) is 5.23. The standard InChI is InChI=1S/C24H25N3O3S/c1-15(2)12-13-27-23(29)22-21(18-6-4-5-7-19(18)30-22)26-24(27)31-14-20(28)25-17-10-8-16(3)9-11-17/h4-11,15H,12-14H2,1-3H3,(H,25,28). The quantitative estimate of drug-likeness (QED) is 0.318. The van der Waals surface area contributed by atoms with Crippen molar-refractivity contribution in [1.82, 2.24) is 9.55 Å². The van der Waals surface area contributed by atoms with E-state index in [0.29, 0.717) is 28.7 Å². The fourth-order valence-corrected chi connectivity index (χ4v) is 4.13. The Kier molecular flexibility index (Phi) is 6.13. The number of fused-ring (bicyclic) bond motifs is 3. The zero-order valence-electron chi connectivity index (χ0n) is 17.8. The zero-order chi connectivity index (χ0) is 22.0. The Morgan fingerprint density at radius 3 is 2.65 bits per heavy atom. The highest BCUT2D eigenvalue weighted by atomic mass is 32.2. The van der Waals surface area contributed by atoms with Gasteiger partial charge in [0, 0.05) is 17.6 Å². The minimum atomic E-state index is -0.205. The summed E-state index contributed by atoms with van der Waals surface area (Å²) < 4.78 is 7.45. The summed E-state index contributed by atoms with van der Waals surface area (Å²) in [5, 5.41) is 4.23. The van der Waals surface area contributed by atoms with Gasteiger partial charge in [-0.25, -0.2) is 4.98 Å². The van der Waals surface area contributed by atoms with Crippen LogP contribution in [0.2, 0.25) is 0 Å². The van der Waals surface area contributed by atoms with Crippen molar-refractivity contribution in [3.05, 3.63) is 64.4 Å². The molecule has 2 heterocycles. The number of amides is 1. The molecule has 0 radical (unpaired) electrons. The monoisotopic (exact) mass is 435 g/mol. The molecule has 0 aliphatic carbocycles. The maximum absolute atomic E-state index is 13.2. The SMILES string of the molecule is Cc1ccc(NC(=O)CSc2nc3c(oc4ccccc43)c(=O)n2CCC(C)C)cc1. The van der Waals surface area contributed by atoms with Crippen LogP contribution in [0.1, 0.15) is 25.8 Å². The summed E-state index contributed by atoms with van der Waals surface area (Å²) in [7, 11) is 0. The van der Waals surface area contributed by atoms with Crippen LogP contribution in [0, 0.1) is 12.8 Å². The Morgan fingerprint density at radius 1 is 1.16 bits per heavy atom. The van der Waals surface area contributed by atoms with Gasteiger partial charge in [0.1, 0.15) is 11.1 Å². The van der Waals surface area contributed by atoms with Gasteiger partial charge in [-0.2, -0.15) is 0 Å². The van der Waals surface area contributed by atoms with Crippen molar-refractivity contribution in [2.45, 2.75) is 38.9 Å². The summed E-state index contributed by atoms with van der Waals surface area (Å²) in [6.07, 6.45) is 0.830. The molecule has 0 atom stereocenters. The minimum Gasteiger partial charge on any atom is -0.448 e. The molecule has 160 valence electrons. The first-order chi connectivity index (χ1) is 14.9. The first kappa shape index (κ1) is 21.2. The molecule has 0 bridgehead atoms. The van der Waals surface area contributed by atoms with E-state index in [1.807, 2.05) is 55.5 Å². The second kappa shape index (κ2) is 8.98. The van der Waals surface area contributed by atoms with Crippen LogP contribution in [0.25, 0.3) is 22.1 Å². The molecule has 6 nitrogen and oxygen atoms in total. The first-order valence-corrected chi connectivity index (χ1v) is 11.3. The Labute approximate surface area is 184 Å². The van der Waals surface area contributed by atoms with Crippen molar-refractivity contribution >= 4 is 45.4 Å². The number of aromatic nitrogens is 2. The fourth-order valence-electron chi connectivity index (χ4n) is 3.31. The summed E-state index contributed by atoms with van der Waals surface area (Å²) >= 11 is 1.27. The molecule has 0 fully saturated rings. The number of rotatable bonds is 7. The van der Waals surface area contributed by atoms with Gasteiger partial charge in [-0.05, 0) is 43.5 Å². The van der Waals surface area contributed by atoms with Gasteiger partial charge in [0.2, 0.25) is 11.5 Å². The van der Waals surface area contributed by atoms with Gasteiger partial charge in [-0.15, -0.1) is 0 Å². The lowest BCUT2D eigenvalue weighted by molar-refractivity contribution is -0.113. The number of anilines is 1. The molecule has 31 heavy (non-hydrogen) atoms. The van der Waals surface area contributed by atoms with E-state index in [9.17, 15) is 9.59 Å². The maximum Gasteiger partial charge on any atom is 0.297 e. The van der Waals surface area contributed by atoms with E-state index in [0.717, 1.165) is 23.1 Å². The minimum absolute atomic E-state index is 0.143. The maximum atomic E-state index is 13.2. The Bertz CT molecular complexity index is 1290. The van der Waals surface area contributed by atoms with E-state index in [4.69, 9.17) is 9.40 Å². The molecule has 0 unspecified atom stereocenters. The lowest BCUT2D eigenvalue weighted by Crippen LogP contribution is -2.24. The Hall–Kier alpha value is -3.06. The van der Waals surface area contributed by atoms with Crippen LogP contribution in [-0.4, -0.2) is 21.2 Å². The normalized spacial score (nSPS) is 11.5. The molecule has 4 aromatic rings. The van der Waals surface area contributed by atoms with Crippen molar-refractivity contribution in [3.63, 3.8) is 0 Å². The van der Waals surface area contributed by atoms with Crippen LogP contribution in [0.4, 0.5) is 5.69 Å². The molecule has 2 aromatic heterocycles. The number of nitrogens with one attached hydrogen (secondary N) is 1. The molecule has 1 amide bonds. The van der Waals surface area contributed by atoms with Gasteiger partial charge in [0.05, 0.1) is 5.75 Å². The third kappa shape index (κ3) is 4.66. The topological polar surface area (TPSA) is 77.1 Å². The molecule has 0 spiro atoms. The van der Waals surface area contributed by atoms with Crippen LogP contribution < -0.4 is 10.9 Å². The highest BCUT2D eigenvalue weighted by molar-refractivity contribution is 7.99. The molecular weight excluding hydrogens is 410 g/mol. The molecule has 0 aliphatic heterocycles. The lowest BCUT2D eigenvalue weighted by Gasteiger charge is -2.13. The van der Waals surface area contributed by atoms with Gasteiger partial charge in [-0.3, -0.25) is 14.2 Å². The summed E-state index contributed by atoms with van der Waals surface area (Å²) in [6.45, 7) is 6.75. The predicted molar refractivity (Wildman–Crippen MR) is 126 cm³/mol. The van der Waals surface area contributed by atoms with Gasteiger partial charge in [0.25, 0.3) is 5.56 Å². The largest absolute Gasteiger partial charge is 0.448 e. The third-order valence-corrected chi connectivity index (χ3v) is 6.02. The van der Waals surface area contributed by atoms with E-state index in [1.165, 1.54) is 11.8 Å². The first-order valence-electron chi connectivity index (χ1n) is 10.3. The molecule has 0 aliphatic rings. The van der Waals surface area contributed by atoms with Crippen LogP contribution in [-0.2, 0) is 11.3 Å². The zero-order valence-corrected chi connectivity index (χ0v) is 18.7. The number of benzene rings is 2.